The zero-order chi connectivity index (χ0) is 14.9. The number of unbranched alkanes of at least 4 members (excludes halogenated alkanes) is 11. The van der Waals surface area contributed by atoms with Gasteiger partial charge in [0.1, 0.15) is 0 Å². The maximum atomic E-state index is 8.68. The first-order valence-electron chi connectivity index (χ1n) is 9.06. The molecule has 0 aromatic rings. The minimum atomic E-state index is 0.354. The molecule has 0 spiro atoms. The van der Waals surface area contributed by atoms with Crippen molar-refractivity contribution in [1.29, 1.82) is 0 Å². The van der Waals surface area contributed by atoms with E-state index in [1.165, 1.54) is 89.9 Å². The SMILES string of the molecule is CCCCCCCCC(Cl)CCCCCCCCCO. The largest absolute Gasteiger partial charge is 0.396 e. The van der Waals surface area contributed by atoms with Crippen LogP contribution in [0.5, 0.6) is 0 Å². The lowest BCUT2D eigenvalue weighted by atomic mass is 10.0. The highest BCUT2D eigenvalue weighted by molar-refractivity contribution is 6.20. The lowest BCUT2D eigenvalue weighted by Crippen LogP contribution is -1.98. The Morgan fingerprint density at radius 1 is 0.650 bits per heavy atom. The molecule has 0 amide bonds. The maximum Gasteiger partial charge on any atom is 0.0431 e. The van der Waals surface area contributed by atoms with Crippen LogP contribution in [0.3, 0.4) is 0 Å². The molecule has 0 heterocycles. The molecule has 0 fully saturated rings. The van der Waals surface area contributed by atoms with Crippen LogP contribution in [0.1, 0.15) is 103 Å². The summed E-state index contributed by atoms with van der Waals surface area (Å²) in [5.74, 6) is 0. The van der Waals surface area contributed by atoms with Crippen LogP contribution in [-0.2, 0) is 0 Å². The molecule has 2 heteroatoms. The first kappa shape index (κ1) is 20.2. The van der Waals surface area contributed by atoms with Gasteiger partial charge in [-0.15, -0.1) is 11.6 Å². The molecular weight excluding hydrogens is 268 g/mol. The Kier molecular flexibility index (Phi) is 17.5. The van der Waals surface area contributed by atoms with Crippen LogP contribution in [0.25, 0.3) is 0 Å². The molecule has 0 aliphatic carbocycles. The van der Waals surface area contributed by atoms with Gasteiger partial charge in [-0.1, -0.05) is 84.0 Å². The van der Waals surface area contributed by atoms with Crippen LogP contribution in [0.2, 0.25) is 0 Å². The van der Waals surface area contributed by atoms with Gasteiger partial charge in [-0.25, -0.2) is 0 Å². The molecule has 1 N–H and O–H groups in total. The Balaban J connectivity index is 3.10. The molecule has 1 unspecified atom stereocenters. The number of hydrogen-bond acceptors (Lipinski definition) is 1. The average Bonchev–Trinajstić information content (AvgIpc) is 2.45. The van der Waals surface area contributed by atoms with Crippen molar-refractivity contribution in [2.75, 3.05) is 6.61 Å². The van der Waals surface area contributed by atoms with Crippen molar-refractivity contribution in [2.24, 2.45) is 0 Å². The third kappa shape index (κ3) is 16.3. The number of rotatable bonds is 16. The Hall–Kier alpha value is 0.250. The smallest absolute Gasteiger partial charge is 0.0431 e. The van der Waals surface area contributed by atoms with E-state index >= 15 is 0 Å². The van der Waals surface area contributed by atoms with Gasteiger partial charge in [-0.05, 0) is 19.3 Å². The van der Waals surface area contributed by atoms with Crippen molar-refractivity contribution in [3.63, 3.8) is 0 Å². The summed E-state index contributed by atoms with van der Waals surface area (Å²) in [4.78, 5) is 0. The maximum absolute atomic E-state index is 8.68. The van der Waals surface area contributed by atoms with Crippen molar-refractivity contribution < 1.29 is 5.11 Å². The summed E-state index contributed by atoms with van der Waals surface area (Å²) < 4.78 is 0. The van der Waals surface area contributed by atoms with Crippen molar-refractivity contribution in [3.8, 4) is 0 Å². The van der Waals surface area contributed by atoms with Crippen LogP contribution in [-0.4, -0.2) is 17.1 Å². The van der Waals surface area contributed by atoms with Crippen LogP contribution in [0.15, 0.2) is 0 Å². The second-order valence-corrected chi connectivity index (χ2v) is 6.76. The number of halogens is 1. The summed E-state index contributed by atoms with van der Waals surface area (Å²) in [6.45, 7) is 2.62. The molecular formula is C18H37ClO. The molecule has 20 heavy (non-hydrogen) atoms. The summed E-state index contributed by atoms with van der Waals surface area (Å²) in [6.07, 6.45) is 19.4. The molecule has 0 radical (unpaired) electrons. The van der Waals surface area contributed by atoms with E-state index in [1.807, 2.05) is 0 Å². The topological polar surface area (TPSA) is 20.2 Å². The van der Waals surface area contributed by atoms with Gasteiger partial charge in [0.2, 0.25) is 0 Å². The fraction of sp³-hybridized carbons (Fsp3) is 1.00. The highest BCUT2D eigenvalue weighted by Crippen LogP contribution is 2.18. The zero-order valence-electron chi connectivity index (χ0n) is 13.7. The average molecular weight is 305 g/mol. The molecule has 1 atom stereocenters. The molecule has 0 aliphatic rings. The third-order valence-electron chi connectivity index (χ3n) is 4.05. The Labute approximate surface area is 132 Å². The Morgan fingerprint density at radius 2 is 1.05 bits per heavy atom. The summed E-state index contributed by atoms with van der Waals surface area (Å²) >= 11 is 6.37. The first-order valence-corrected chi connectivity index (χ1v) is 9.49. The van der Waals surface area contributed by atoms with Crippen LogP contribution in [0, 0.1) is 0 Å². The minimum absolute atomic E-state index is 0.354. The fourth-order valence-corrected chi connectivity index (χ4v) is 2.96. The second kappa shape index (κ2) is 17.3. The number of hydrogen-bond donors (Lipinski definition) is 1. The van der Waals surface area contributed by atoms with Crippen LogP contribution in [0.4, 0.5) is 0 Å². The lowest BCUT2D eigenvalue weighted by molar-refractivity contribution is 0.282. The van der Waals surface area contributed by atoms with Crippen molar-refractivity contribution in [2.45, 2.75) is 109 Å². The van der Waals surface area contributed by atoms with Gasteiger partial charge in [0.05, 0.1) is 0 Å². The lowest BCUT2D eigenvalue weighted by Gasteiger charge is -2.09. The Morgan fingerprint density at radius 3 is 1.50 bits per heavy atom. The van der Waals surface area contributed by atoms with Gasteiger partial charge in [-0.2, -0.15) is 0 Å². The standard InChI is InChI=1S/C18H37ClO/c1-2-3-4-5-9-12-15-18(19)16-13-10-7-6-8-11-14-17-20/h18,20H,2-17H2,1H3. The molecule has 0 aromatic heterocycles. The summed E-state index contributed by atoms with van der Waals surface area (Å²) in [6, 6.07) is 0. The van der Waals surface area contributed by atoms with Gasteiger partial charge in [0.25, 0.3) is 0 Å². The van der Waals surface area contributed by atoms with E-state index in [0.717, 1.165) is 6.42 Å². The summed E-state index contributed by atoms with van der Waals surface area (Å²) in [5, 5.41) is 9.10. The van der Waals surface area contributed by atoms with E-state index in [9.17, 15) is 0 Å². The summed E-state index contributed by atoms with van der Waals surface area (Å²) in [5.41, 5.74) is 0. The highest BCUT2D eigenvalue weighted by Gasteiger charge is 2.04. The van der Waals surface area contributed by atoms with E-state index in [0.29, 0.717) is 12.0 Å². The van der Waals surface area contributed by atoms with Gasteiger partial charge in [-0.3, -0.25) is 0 Å². The Bertz CT molecular complexity index is 173. The number of aliphatic hydroxyl groups is 1. The first-order chi connectivity index (χ1) is 9.81. The predicted octanol–water partition coefficient (Wildman–Crippen LogP) is 6.46. The molecule has 0 aliphatic heterocycles. The fourth-order valence-electron chi connectivity index (χ4n) is 2.65. The molecule has 0 rings (SSSR count). The van der Waals surface area contributed by atoms with Gasteiger partial charge < -0.3 is 5.11 Å². The van der Waals surface area contributed by atoms with E-state index < -0.39 is 0 Å². The molecule has 0 aromatic carbocycles. The summed E-state index contributed by atoms with van der Waals surface area (Å²) in [7, 11) is 0. The van der Waals surface area contributed by atoms with Gasteiger partial charge in [0.15, 0.2) is 0 Å². The quantitative estimate of drug-likeness (QED) is 0.256. The number of aliphatic hydroxyl groups excluding tert-OH is 1. The van der Waals surface area contributed by atoms with Crippen LogP contribution < -0.4 is 0 Å². The highest BCUT2D eigenvalue weighted by atomic mass is 35.5. The minimum Gasteiger partial charge on any atom is -0.396 e. The van der Waals surface area contributed by atoms with Crippen molar-refractivity contribution in [3.05, 3.63) is 0 Å². The van der Waals surface area contributed by atoms with E-state index in [-0.39, 0.29) is 0 Å². The second-order valence-electron chi connectivity index (χ2n) is 6.14. The molecule has 0 bridgehead atoms. The predicted molar refractivity (Wildman–Crippen MR) is 91.7 cm³/mol. The van der Waals surface area contributed by atoms with E-state index in [4.69, 9.17) is 16.7 Å². The van der Waals surface area contributed by atoms with Crippen molar-refractivity contribution in [1.82, 2.24) is 0 Å². The van der Waals surface area contributed by atoms with Gasteiger partial charge in [0, 0.05) is 12.0 Å². The number of alkyl halides is 1. The monoisotopic (exact) mass is 304 g/mol. The zero-order valence-corrected chi connectivity index (χ0v) is 14.5. The van der Waals surface area contributed by atoms with Crippen molar-refractivity contribution >= 4 is 11.6 Å². The van der Waals surface area contributed by atoms with E-state index in [1.54, 1.807) is 0 Å². The molecule has 1 nitrogen and oxygen atoms in total. The molecule has 0 saturated carbocycles. The van der Waals surface area contributed by atoms with E-state index in [2.05, 4.69) is 6.92 Å². The van der Waals surface area contributed by atoms with Crippen LogP contribution >= 0.6 is 11.6 Å². The third-order valence-corrected chi connectivity index (χ3v) is 4.48. The molecule has 0 saturated heterocycles. The molecule has 122 valence electrons. The van der Waals surface area contributed by atoms with Gasteiger partial charge >= 0.3 is 0 Å². The normalized spacial score (nSPS) is 12.8.